The maximum absolute atomic E-state index is 12.1. The summed E-state index contributed by atoms with van der Waals surface area (Å²) in [6.45, 7) is 1.03. The highest BCUT2D eigenvalue weighted by Gasteiger charge is 2.31. The van der Waals surface area contributed by atoms with E-state index in [2.05, 4.69) is 0 Å². The molecule has 4 N–H and O–H groups in total. The van der Waals surface area contributed by atoms with Crippen LogP contribution in [0.2, 0.25) is 0 Å². The lowest BCUT2D eigenvalue weighted by Crippen LogP contribution is -2.42. The van der Waals surface area contributed by atoms with Crippen molar-refractivity contribution in [1.29, 1.82) is 0 Å². The lowest BCUT2D eigenvalue weighted by molar-refractivity contribution is -0.873. The van der Waals surface area contributed by atoms with Crippen LogP contribution in [0.5, 0.6) is 5.75 Å². The molecule has 0 fully saturated rings. The van der Waals surface area contributed by atoms with Gasteiger partial charge < -0.3 is 25.0 Å². The smallest absolute Gasteiger partial charge is 0.472 e. The number of anilines is 1. The van der Waals surface area contributed by atoms with Crippen LogP contribution >= 0.6 is 7.82 Å². The molecule has 2 atom stereocenters. The van der Waals surface area contributed by atoms with Gasteiger partial charge in [0.05, 0.1) is 40.8 Å². The molecule has 0 aromatic heterocycles. The second-order valence-electron chi connectivity index (χ2n) is 8.64. The Balaban J connectivity index is 2.12. The summed E-state index contributed by atoms with van der Waals surface area (Å²) in [6, 6.07) is 7.32. The third kappa shape index (κ3) is 14.9. The highest BCUT2D eigenvalue weighted by atomic mass is 31.2. The number of ether oxygens (including phenoxy) is 1. The molecule has 0 aliphatic carbocycles. The van der Waals surface area contributed by atoms with Gasteiger partial charge >= 0.3 is 13.8 Å². The van der Waals surface area contributed by atoms with Gasteiger partial charge in [-0.25, -0.2) is 4.57 Å². The molecule has 0 saturated carbocycles. The van der Waals surface area contributed by atoms with Crippen molar-refractivity contribution in [3.8, 4) is 5.75 Å². The first-order valence-corrected chi connectivity index (χ1v) is 12.1. The third-order valence-electron chi connectivity index (χ3n) is 4.38. The molecule has 0 heterocycles. The molecular formula is C21H38N2O7P+. The van der Waals surface area contributed by atoms with Gasteiger partial charge in [0, 0.05) is 5.69 Å². The van der Waals surface area contributed by atoms with E-state index in [9.17, 15) is 14.3 Å². The van der Waals surface area contributed by atoms with Crippen LogP contribution in [0.3, 0.4) is 0 Å². The molecule has 31 heavy (non-hydrogen) atoms. The van der Waals surface area contributed by atoms with Gasteiger partial charge in [-0.3, -0.25) is 13.8 Å². The summed E-state index contributed by atoms with van der Waals surface area (Å²) in [5, 5.41) is 8.98. The van der Waals surface area contributed by atoms with Gasteiger partial charge in [0.15, 0.2) is 0 Å². The molecule has 1 rings (SSSR count). The number of hydrogen-bond acceptors (Lipinski definition) is 6. The predicted molar refractivity (Wildman–Crippen MR) is 120 cm³/mol. The van der Waals surface area contributed by atoms with Crippen molar-refractivity contribution < 1.29 is 37.6 Å². The monoisotopic (exact) mass is 461 g/mol. The Morgan fingerprint density at radius 2 is 1.58 bits per heavy atom. The first-order chi connectivity index (χ1) is 14.5. The van der Waals surface area contributed by atoms with Gasteiger partial charge in [-0.1, -0.05) is 25.7 Å². The van der Waals surface area contributed by atoms with Gasteiger partial charge in [-0.15, -0.1) is 0 Å². The first kappa shape index (κ1) is 27.4. The second kappa shape index (κ2) is 13.7. The molecule has 0 bridgehead atoms. The van der Waals surface area contributed by atoms with E-state index in [0.717, 1.165) is 37.9 Å². The van der Waals surface area contributed by atoms with Gasteiger partial charge in [0.2, 0.25) is 0 Å². The number of benzene rings is 1. The molecule has 178 valence electrons. The number of rotatable bonds is 17. The van der Waals surface area contributed by atoms with Crippen molar-refractivity contribution in [1.82, 2.24) is 0 Å². The number of nitrogens with two attached hydrogens (primary N) is 1. The average Bonchev–Trinajstić information content (AvgIpc) is 2.62. The summed E-state index contributed by atoms with van der Waals surface area (Å²) in [5.41, 5.74) is 6.34. The fraction of sp³-hybridized carbons (Fsp3) is 0.667. The van der Waals surface area contributed by atoms with E-state index in [-0.39, 0.29) is 19.6 Å². The third-order valence-corrected chi connectivity index (χ3v) is 5.45. The van der Waals surface area contributed by atoms with Crippen molar-refractivity contribution in [2.24, 2.45) is 0 Å². The zero-order valence-electron chi connectivity index (χ0n) is 18.9. The lowest BCUT2D eigenvalue weighted by Gasteiger charge is -2.29. The Morgan fingerprint density at radius 3 is 2.13 bits per heavy atom. The summed E-state index contributed by atoms with van der Waals surface area (Å²) >= 11 is 0. The number of unbranched alkanes of at least 4 members (excludes halogenated alkanes) is 5. The number of nitrogens with zero attached hydrogens (tertiary/aromatic N) is 1. The standard InChI is InChI=1S/C21H37N2O7P/c1-23(2,3)17-20(16-21(24)25)30-31(26,27)29-15-9-7-5-4-6-8-14-28-19-12-10-18(22)11-13-19/h10-13,20H,4-9,14-17,22H2,1-3H3,(H-,24,25,26,27)/p+1/t20-/m1/s1. The second-order valence-corrected chi connectivity index (χ2v) is 10.0. The first-order valence-electron chi connectivity index (χ1n) is 10.6. The summed E-state index contributed by atoms with van der Waals surface area (Å²) in [6.07, 6.45) is 4.28. The van der Waals surface area contributed by atoms with Crippen LogP contribution in [0.4, 0.5) is 5.69 Å². The van der Waals surface area contributed by atoms with E-state index >= 15 is 0 Å². The largest absolute Gasteiger partial charge is 0.494 e. The zero-order chi connectivity index (χ0) is 23.3. The number of carboxylic acid groups (broad SMARTS) is 1. The van der Waals surface area contributed by atoms with Crippen LogP contribution in [0.15, 0.2) is 24.3 Å². The van der Waals surface area contributed by atoms with Gasteiger partial charge in [-0.2, -0.15) is 0 Å². The highest BCUT2D eigenvalue weighted by Crippen LogP contribution is 2.45. The molecule has 1 aromatic carbocycles. The zero-order valence-corrected chi connectivity index (χ0v) is 19.8. The molecule has 9 nitrogen and oxygen atoms in total. The van der Waals surface area contributed by atoms with Crippen LogP contribution in [0.25, 0.3) is 0 Å². The quantitative estimate of drug-likeness (QED) is 0.139. The normalized spacial score (nSPS) is 14.7. The van der Waals surface area contributed by atoms with E-state index in [4.69, 9.17) is 24.6 Å². The van der Waals surface area contributed by atoms with Crippen LogP contribution in [-0.4, -0.2) is 67.5 Å². The van der Waals surface area contributed by atoms with E-state index in [1.807, 2.05) is 45.4 Å². The van der Waals surface area contributed by atoms with E-state index in [0.29, 0.717) is 23.2 Å². The number of phosphoric acid groups is 1. The molecule has 0 radical (unpaired) electrons. The number of quaternary nitrogens is 1. The van der Waals surface area contributed by atoms with Crippen molar-refractivity contribution in [2.75, 3.05) is 46.6 Å². The van der Waals surface area contributed by atoms with Crippen LogP contribution in [0.1, 0.15) is 44.9 Å². The summed E-state index contributed by atoms with van der Waals surface area (Å²) in [5.74, 6) is -0.272. The van der Waals surface area contributed by atoms with Crippen molar-refractivity contribution in [2.45, 2.75) is 51.0 Å². The molecule has 1 aromatic rings. The Morgan fingerprint density at radius 1 is 1.03 bits per heavy atom. The minimum Gasteiger partial charge on any atom is -0.494 e. The number of carbonyl (C=O) groups is 1. The summed E-state index contributed by atoms with van der Waals surface area (Å²) < 4.78 is 28.3. The molecule has 0 amide bonds. The van der Waals surface area contributed by atoms with Crippen molar-refractivity contribution in [3.63, 3.8) is 0 Å². The minimum atomic E-state index is -4.29. The summed E-state index contributed by atoms with van der Waals surface area (Å²) in [4.78, 5) is 20.9. The topological polar surface area (TPSA) is 128 Å². The molecule has 0 aliphatic rings. The fourth-order valence-electron chi connectivity index (χ4n) is 3.00. The molecule has 1 unspecified atom stereocenters. The number of likely N-dealkylation sites (N-methyl/N-ethyl adjacent to an activating group) is 1. The van der Waals surface area contributed by atoms with E-state index in [1.54, 1.807) is 0 Å². The van der Waals surface area contributed by atoms with Crippen LogP contribution in [-0.2, 0) is 18.4 Å². The molecule has 10 heteroatoms. The maximum Gasteiger partial charge on any atom is 0.472 e. The number of phosphoric ester groups is 1. The minimum absolute atomic E-state index is 0.0954. The Labute approximate surface area is 185 Å². The van der Waals surface area contributed by atoms with E-state index in [1.165, 1.54) is 0 Å². The lowest BCUT2D eigenvalue weighted by atomic mass is 10.1. The van der Waals surface area contributed by atoms with Gasteiger partial charge in [0.25, 0.3) is 0 Å². The number of hydrogen-bond donors (Lipinski definition) is 3. The Bertz CT molecular complexity index is 692. The van der Waals surface area contributed by atoms with Crippen LogP contribution < -0.4 is 10.5 Å². The Hall–Kier alpha value is -1.64. The predicted octanol–water partition coefficient (Wildman–Crippen LogP) is 3.67. The molecule has 0 spiro atoms. The van der Waals surface area contributed by atoms with E-state index < -0.39 is 19.9 Å². The van der Waals surface area contributed by atoms with Gasteiger partial charge in [0.1, 0.15) is 18.4 Å². The molecule has 0 saturated heterocycles. The number of aliphatic carboxylic acids is 1. The fourth-order valence-corrected chi connectivity index (χ4v) is 3.94. The molecular weight excluding hydrogens is 423 g/mol. The number of nitrogen functional groups attached to an aromatic ring is 1. The highest BCUT2D eigenvalue weighted by molar-refractivity contribution is 7.47. The molecule has 0 aliphatic heterocycles. The van der Waals surface area contributed by atoms with Gasteiger partial charge in [-0.05, 0) is 37.1 Å². The average molecular weight is 462 g/mol. The van der Waals surface area contributed by atoms with Crippen LogP contribution in [0, 0.1) is 0 Å². The SMILES string of the molecule is C[N+](C)(C)C[C@@H](CC(=O)O)OP(=O)(O)OCCCCCCCCOc1ccc(N)cc1. The summed E-state index contributed by atoms with van der Waals surface area (Å²) in [7, 11) is 1.27. The maximum atomic E-state index is 12.1. The Kier molecular flexibility index (Phi) is 12.1. The van der Waals surface area contributed by atoms with Crippen molar-refractivity contribution >= 4 is 19.5 Å². The number of carboxylic acids is 1. The van der Waals surface area contributed by atoms with Crippen molar-refractivity contribution in [3.05, 3.63) is 24.3 Å².